The van der Waals surface area contributed by atoms with Crippen LogP contribution in [0.25, 0.3) is 10.9 Å². The molecule has 0 bridgehead atoms. The van der Waals surface area contributed by atoms with Gasteiger partial charge < -0.3 is 25.0 Å². The number of nitrogens with zero attached hydrogens (tertiary/aromatic N) is 2. The second-order valence-electron chi connectivity index (χ2n) is 8.71. The molecule has 29 heavy (non-hydrogen) atoms. The molecule has 7 nitrogen and oxygen atoms in total. The predicted molar refractivity (Wildman–Crippen MR) is 107 cm³/mol. The van der Waals surface area contributed by atoms with Crippen molar-refractivity contribution in [3.05, 3.63) is 33.4 Å². The molecule has 1 spiro atoms. The lowest BCUT2D eigenvalue weighted by molar-refractivity contribution is 0.0695. The first-order valence-electron chi connectivity index (χ1n) is 9.98. The van der Waals surface area contributed by atoms with Crippen LogP contribution in [0.1, 0.15) is 47.6 Å². The van der Waals surface area contributed by atoms with Gasteiger partial charge in [-0.3, -0.25) is 4.79 Å². The monoisotopic (exact) mass is 401 g/mol. The van der Waals surface area contributed by atoms with Crippen molar-refractivity contribution in [3.8, 4) is 5.75 Å². The number of carbonyl (C=O) groups is 1. The average molecular weight is 401 g/mol. The number of hydrogen-bond donors (Lipinski definition) is 2. The van der Waals surface area contributed by atoms with Gasteiger partial charge in [-0.15, -0.1) is 0 Å². The van der Waals surface area contributed by atoms with Crippen molar-refractivity contribution < 1.29 is 19.0 Å². The van der Waals surface area contributed by atoms with E-state index in [0.29, 0.717) is 24.3 Å². The van der Waals surface area contributed by atoms with Gasteiger partial charge in [0, 0.05) is 42.3 Å². The van der Waals surface area contributed by atoms with Gasteiger partial charge in [0.15, 0.2) is 11.6 Å². The fourth-order valence-electron chi connectivity index (χ4n) is 4.83. The van der Waals surface area contributed by atoms with E-state index in [2.05, 4.69) is 0 Å². The summed E-state index contributed by atoms with van der Waals surface area (Å²) in [6, 6.07) is 0.0565. The number of pyridine rings is 1. The summed E-state index contributed by atoms with van der Waals surface area (Å²) in [6.07, 6.45) is 5.21. The highest BCUT2D eigenvalue weighted by Gasteiger charge is 2.54. The number of benzene rings is 1. The maximum absolute atomic E-state index is 15.6. The Morgan fingerprint density at radius 1 is 1.38 bits per heavy atom. The number of aromatic nitrogens is 1. The molecule has 1 saturated heterocycles. The molecule has 1 unspecified atom stereocenters. The van der Waals surface area contributed by atoms with Gasteiger partial charge >= 0.3 is 5.97 Å². The van der Waals surface area contributed by atoms with Crippen molar-refractivity contribution in [2.45, 2.75) is 44.7 Å². The quantitative estimate of drug-likeness (QED) is 0.817. The molecule has 2 heterocycles. The number of hydrogen-bond acceptors (Lipinski definition) is 5. The van der Waals surface area contributed by atoms with Crippen molar-refractivity contribution in [1.29, 1.82) is 0 Å². The van der Waals surface area contributed by atoms with Crippen LogP contribution in [0.2, 0.25) is 0 Å². The molecule has 1 aliphatic heterocycles. The molecule has 1 aromatic heterocycles. The lowest BCUT2D eigenvalue weighted by atomic mass is 10.0. The number of aryl methyl sites for hydroxylation is 1. The molecular formula is C21H24FN3O4. The van der Waals surface area contributed by atoms with Gasteiger partial charge in [0.25, 0.3) is 0 Å². The highest BCUT2D eigenvalue weighted by Crippen LogP contribution is 2.54. The maximum atomic E-state index is 15.6. The Bertz CT molecular complexity index is 1120. The number of carboxylic acid groups (broad SMARTS) is 1. The molecule has 3 aliphatic rings. The highest BCUT2D eigenvalue weighted by atomic mass is 19.1. The predicted octanol–water partition coefficient (Wildman–Crippen LogP) is 2.42. The van der Waals surface area contributed by atoms with Crippen LogP contribution in [0.4, 0.5) is 10.1 Å². The van der Waals surface area contributed by atoms with Gasteiger partial charge in [-0.1, -0.05) is 0 Å². The zero-order valence-corrected chi connectivity index (χ0v) is 16.5. The van der Waals surface area contributed by atoms with Crippen molar-refractivity contribution in [1.82, 2.24) is 4.57 Å². The maximum Gasteiger partial charge on any atom is 0.341 e. The first-order valence-corrected chi connectivity index (χ1v) is 9.98. The zero-order chi connectivity index (χ0) is 20.7. The zero-order valence-electron chi connectivity index (χ0n) is 16.5. The van der Waals surface area contributed by atoms with E-state index in [0.717, 1.165) is 25.7 Å². The molecule has 2 aliphatic carbocycles. The van der Waals surface area contributed by atoms with Crippen LogP contribution in [0.5, 0.6) is 5.75 Å². The number of rotatable bonds is 4. The summed E-state index contributed by atoms with van der Waals surface area (Å²) >= 11 is 0. The number of aromatic carboxylic acids is 1. The van der Waals surface area contributed by atoms with Crippen LogP contribution < -0.4 is 20.8 Å². The summed E-state index contributed by atoms with van der Waals surface area (Å²) in [7, 11) is 1.46. The Morgan fingerprint density at radius 2 is 2.07 bits per heavy atom. The summed E-state index contributed by atoms with van der Waals surface area (Å²) in [6.45, 7) is 2.72. The van der Waals surface area contributed by atoms with Gasteiger partial charge in [0.2, 0.25) is 5.43 Å². The van der Waals surface area contributed by atoms with Gasteiger partial charge in [0.05, 0.1) is 18.0 Å². The highest BCUT2D eigenvalue weighted by molar-refractivity contribution is 5.99. The van der Waals surface area contributed by atoms with E-state index in [4.69, 9.17) is 10.5 Å². The molecule has 2 aromatic rings. The molecule has 3 fully saturated rings. The number of nitrogens with two attached hydrogens (primary N) is 1. The van der Waals surface area contributed by atoms with E-state index in [1.54, 1.807) is 4.57 Å². The molecule has 0 amide bonds. The molecule has 3 N–H and O–H groups in total. The molecular weight excluding hydrogens is 377 g/mol. The van der Waals surface area contributed by atoms with E-state index in [9.17, 15) is 14.7 Å². The van der Waals surface area contributed by atoms with E-state index >= 15 is 4.39 Å². The first-order chi connectivity index (χ1) is 13.8. The third-order valence-electron chi connectivity index (χ3n) is 6.87. The average Bonchev–Trinajstić information content (AvgIpc) is 3.58. The smallest absolute Gasteiger partial charge is 0.341 e. The lowest BCUT2D eigenvalue weighted by Crippen LogP contribution is -2.30. The molecule has 1 atom stereocenters. The minimum absolute atomic E-state index is 0.0254. The SMILES string of the molecule is COc1c(N2CC(N)C3(CC3)C2)c(F)c(C)c2c(=O)c(C(=O)O)cn(C3CC3)c12. The molecule has 1 aromatic carbocycles. The summed E-state index contributed by atoms with van der Waals surface area (Å²) in [4.78, 5) is 26.5. The molecule has 8 heteroatoms. The standard InChI is InChI=1S/C21H24FN3O4/c1-10-14-16(25(11-3-4-11)7-12(18(14)26)20(27)28)19(29-2)17(15(10)22)24-8-13(23)21(9-24)5-6-21/h7,11,13H,3-6,8-9,23H2,1-2H3,(H,27,28). The Morgan fingerprint density at radius 3 is 2.59 bits per heavy atom. The summed E-state index contributed by atoms with van der Waals surface area (Å²) in [5.41, 5.74) is 6.32. The van der Waals surface area contributed by atoms with Crippen molar-refractivity contribution in [2.75, 3.05) is 25.1 Å². The van der Waals surface area contributed by atoms with E-state index in [-0.39, 0.29) is 39.8 Å². The third-order valence-corrected chi connectivity index (χ3v) is 6.87. The largest absolute Gasteiger partial charge is 0.492 e. The Kier molecular flexibility index (Phi) is 3.78. The van der Waals surface area contributed by atoms with Crippen molar-refractivity contribution in [2.24, 2.45) is 11.1 Å². The fourth-order valence-corrected chi connectivity index (χ4v) is 4.83. The Hall–Kier alpha value is -2.61. The van der Waals surface area contributed by atoms with Crippen LogP contribution in [-0.2, 0) is 0 Å². The summed E-state index contributed by atoms with van der Waals surface area (Å²) in [5.74, 6) is -1.56. The van der Waals surface area contributed by atoms with Crippen LogP contribution >= 0.6 is 0 Å². The Balaban J connectivity index is 1.83. The number of halogens is 1. The number of methoxy groups -OCH3 is 1. The number of fused-ring (bicyclic) bond motifs is 1. The van der Waals surface area contributed by atoms with Gasteiger partial charge in [-0.25, -0.2) is 9.18 Å². The second-order valence-corrected chi connectivity index (χ2v) is 8.71. The second kappa shape index (κ2) is 5.95. The summed E-state index contributed by atoms with van der Waals surface area (Å²) in [5, 5.41) is 9.58. The Labute approximate surface area is 166 Å². The normalized spacial score (nSPS) is 22.5. The van der Waals surface area contributed by atoms with E-state index in [1.807, 2.05) is 4.90 Å². The molecule has 0 radical (unpaired) electrons. The van der Waals surface area contributed by atoms with Crippen LogP contribution in [0.15, 0.2) is 11.0 Å². The summed E-state index contributed by atoms with van der Waals surface area (Å²) < 4.78 is 23.1. The molecule has 5 rings (SSSR count). The lowest BCUT2D eigenvalue weighted by Gasteiger charge is -2.26. The van der Waals surface area contributed by atoms with E-state index < -0.39 is 17.2 Å². The minimum atomic E-state index is -1.31. The van der Waals surface area contributed by atoms with Gasteiger partial charge in [0.1, 0.15) is 11.3 Å². The van der Waals surface area contributed by atoms with Gasteiger partial charge in [-0.05, 0) is 32.6 Å². The van der Waals surface area contributed by atoms with Crippen LogP contribution in [-0.4, -0.2) is 41.9 Å². The number of anilines is 1. The number of ether oxygens (including phenoxy) is 1. The van der Waals surface area contributed by atoms with Crippen LogP contribution in [0.3, 0.4) is 0 Å². The third kappa shape index (κ3) is 2.51. The first kappa shape index (κ1) is 18.4. The fraction of sp³-hybridized carbons (Fsp3) is 0.524. The molecule has 154 valence electrons. The minimum Gasteiger partial charge on any atom is -0.492 e. The van der Waals surface area contributed by atoms with Gasteiger partial charge in [-0.2, -0.15) is 0 Å². The van der Waals surface area contributed by atoms with Crippen molar-refractivity contribution >= 4 is 22.6 Å². The number of carboxylic acids is 1. The molecule has 2 saturated carbocycles. The van der Waals surface area contributed by atoms with Crippen molar-refractivity contribution in [3.63, 3.8) is 0 Å². The van der Waals surface area contributed by atoms with E-state index in [1.165, 1.54) is 20.2 Å². The topological polar surface area (TPSA) is 97.8 Å². The van der Waals surface area contributed by atoms with Crippen LogP contribution in [0, 0.1) is 18.2 Å².